The molecule has 0 bridgehead atoms. The first kappa shape index (κ1) is 9.50. The highest BCUT2D eigenvalue weighted by atomic mass is 16.5. The van der Waals surface area contributed by atoms with E-state index in [4.69, 9.17) is 5.21 Å². The summed E-state index contributed by atoms with van der Waals surface area (Å²) in [6.07, 6.45) is 1.86. The number of hydrogen-bond acceptors (Lipinski definition) is 4. The van der Waals surface area contributed by atoms with E-state index in [0.717, 1.165) is 12.7 Å². The third-order valence-electron chi connectivity index (χ3n) is 1.78. The van der Waals surface area contributed by atoms with E-state index >= 15 is 0 Å². The maximum Gasteiger partial charge on any atom is 0.252 e. The van der Waals surface area contributed by atoms with Crippen LogP contribution in [0, 0.1) is 5.92 Å². The van der Waals surface area contributed by atoms with Crippen molar-refractivity contribution >= 4 is 11.9 Å². The average molecular weight is 184 g/mol. The normalized spacial score (nSPS) is 12.5. The molecule has 1 heterocycles. The molecular formula is C7H12N4O2. The molecule has 13 heavy (non-hydrogen) atoms. The summed E-state index contributed by atoms with van der Waals surface area (Å²) in [5.41, 5.74) is 0. The summed E-state index contributed by atoms with van der Waals surface area (Å²) < 4.78 is 0. The summed E-state index contributed by atoms with van der Waals surface area (Å²) in [5.74, 6) is -0.104. The molecule has 0 aliphatic rings. The van der Waals surface area contributed by atoms with Crippen molar-refractivity contribution in [2.24, 2.45) is 5.92 Å². The summed E-state index contributed by atoms with van der Waals surface area (Å²) in [4.78, 5) is 15.5. The molecule has 1 aromatic rings. The van der Waals surface area contributed by atoms with Crippen LogP contribution in [0.1, 0.15) is 20.3 Å². The van der Waals surface area contributed by atoms with Crippen LogP contribution in [-0.4, -0.2) is 26.0 Å². The summed E-state index contributed by atoms with van der Waals surface area (Å²) >= 11 is 0. The van der Waals surface area contributed by atoms with E-state index in [1.165, 1.54) is 0 Å². The van der Waals surface area contributed by atoms with Gasteiger partial charge in [-0.1, -0.05) is 23.8 Å². The Morgan fingerprint density at radius 3 is 3.00 bits per heavy atom. The lowest BCUT2D eigenvalue weighted by molar-refractivity contribution is -0.119. The number of anilines is 1. The van der Waals surface area contributed by atoms with Crippen LogP contribution in [0.4, 0.5) is 5.95 Å². The molecular weight excluding hydrogens is 172 g/mol. The van der Waals surface area contributed by atoms with Gasteiger partial charge in [0.25, 0.3) is 5.95 Å². The first-order valence-corrected chi connectivity index (χ1v) is 4.05. The van der Waals surface area contributed by atoms with Crippen LogP contribution in [0.3, 0.4) is 0 Å². The van der Waals surface area contributed by atoms with Crippen molar-refractivity contribution in [1.29, 1.82) is 0 Å². The Hall–Kier alpha value is -1.59. The molecule has 72 valence electrons. The lowest BCUT2D eigenvalue weighted by Crippen LogP contribution is -2.20. The van der Waals surface area contributed by atoms with Crippen molar-refractivity contribution in [1.82, 2.24) is 14.9 Å². The molecule has 0 saturated carbocycles. The Bertz CT molecular complexity index is 296. The first-order chi connectivity index (χ1) is 6.13. The van der Waals surface area contributed by atoms with E-state index in [1.54, 1.807) is 0 Å². The van der Waals surface area contributed by atoms with E-state index < -0.39 is 0 Å². The van der Waals surface area contributed by atoms with Crippen LogP contribution in [0.15, 0.2) is 6.33 Å². The number of nitrogens with one attached hydrogen (secondary N) is 1. The van der Waals surface area contributed by atoms with Gasteiger partial charge in [-0.15, -0.1) is 0 Å². The molecule has 0 radical (unpaired) electrons. The zero-order valence-corrected chi connectivity index (χ0v) is 7.56. The first-order valence-electron chi connectivity index (χ1n) is 4.05. The Morgan fingerprint density at radius 2 is 2.54 bits per heavy atom. The second-order valence-electron chi connectivity index (χ2n) is 2.79. The maximum absolute atomic E-state index is 11.3. The highest BCUT2D eigenvalue weighted by Crippen LogP contribution is 2.04. The molecule has 2 N–H and O–H groups in total. The number of amides is 1. The number of carbonyl (C=O) groups is 1. The lowest BCUT2D eigenvalue weighted by Gasteiger charge is -2.05. The Morgan fingerprint density at radius 1 is 1.85 bits per heavy atom. The summed E-state index contributed by atoms with van der Waals surface area (Å²) in [5, 5.41) is 14.7. The number of rotatable bonds is 3. The van der Waals surface area contributed by atoms with Gasteiger partial charge >= 0.3 is 0 Å². The predicted octanol–water partition coefficient (Wildman–Crippen LogP) is 0.500. The molecule has 0 aliphatic carbocycles. The number of hydrogen-bond donors (Lipinski definition) is 2. The van der Waals surface area contributed by atoms with Crippen molar-refractivity contribution in [3.8, 4) is 0 Å². The zero-order valence-electron chi connectivity index (χ0n) is 7.56. The minimum Gasteiger partial charge on any atom is -0.410 e. The van der Waals surface area contributed by atoms with E-state index in [-0.39, 0.29) is 17.8 Å². The summed E-state index contributed by atoms with van der Waals surface area (Å²) in [6, 6.07) is 0. The fraction of sp³-hybridized carbons (Fsp3) is 0.571. The minimum atomic E-state index is -0.145. The molecule has 1 atom stereocenters. The molecule has 6 nitrogen and oxygen atoms in total. The van der Waals surface area contributed by atoms with Crippen LogP contribution in [0.5, 0.6) is 0 Å². The molecule has 1 amide bonds. The second kappa shape index (κ2) is 3.88. The van der Waals surface area contributed by atoms with Gasteiger partial charge in [-0.25, -0.2) is 0 Å². The highest BCUT2D eigenvalue weighted by Gasteiger charge is 2.12. The third kappa shape index (κ3) is 2.43. The highest BCUT2D eigenvalue weighted by molar-refractivity contribution is 5.90. The standard InChI is InChI=1S/C7H12N4O2/c1-3-5(2)6(12)9-7-8-4-11(13)10-7/h4-5,13H,3H2,1-2H3,(H,9,10,12). The molecule has 0 saturated heterocycles. The fourth-order valence-electron chi connectivity index (χ4n) is 0.731. The van der Waals surface area contributed by atoms with Crippen LogP contribution in [0.25, 0.3) is 0 Å². The number of aromatic nitrogens is 3. The van der Waals surface area contributed by atoms with Gasteiger partial charge in [-0.3, -0.25) is 10.1 Å². The smallest absolute Gasteiger partial charge is 0.252 e. The van der Waals surface area contributed by atoms with Crippen molar-refractivity contribution < 1.29 is 10.0 Å². The number of nitrogens with zero attached hydrogens (tertiary/aromatic N) is 3. The van der Waals surface area contributed by atoms with E-state index in [1.807, 2.05) is 13.8 Å². The zero-order chi connectivity index (χ0) is 9.84. The van der Waals surface area contributed by atoms with Crippen molar-refractivity contribution in [3.05, 3.63) is 6.33 Å². The van der Waals surface area contributed by atoms with Gasteiger partial charge in [0.1, 0.15) is 0 Å². The van der Waals surface area contributed by atoms with Gasteiger partial charge in [0, 0.05) is 5.92 Å². The molecule has 1 rings (SSSR count). The van der Waals surface area contributed by atoms with E-state index in [9.17, 15) is 4.79 Å². The Kier molecular flexibility index (Phi) is 2.84. The Labute approximate surface area is 75.5 Å². The molecule has 6 heteroatoms. The van der Waals surface area contributed by atoms with Crippen LogP contribution in [0.2, 0.25) is 0 Å². The third-order valence-corrected chi connectivity index (χ3v) is 1.78. The van der Waals surface area contributed by atoms with Gasteiger partial charge in [-0.05, 0) is 6.42 Å². The topological polar surface area (TPSA) is 80.0 Å². The summed E-state index contributed by atoms with van der Waals surface area (Å²) in [6.45, 7) is 3.73. The second-order valence-corrected chi connectivity index (χ2v) is 2.79. The van der Waals surface area contributed by atoms with Crippen LogP contribution >= 0.6 is 0 Å². The lowest BCUT2D eigenvalue weighted by atomic mass is 10.1. The van der Waals surface area contributed by atoms with E-state index in [2.05, 4.69) is 15.4 Å². The predicted molar refractivity (Wildman–Crippen MR) is 45.3 cm³/mol. The average Bonchev–Trinajstić information content (AvgIpc) is 2.49. The minimum absolute atomic E-state index is 0.0781. The van der Waals surface area contributed by atoms with Crippen LogP contribution in [-0.2, 0) is 4.79 Å². The monoisotopic (exact) mass is 184 g/mol. The summed E-state index contributed by atoms with van der Waals surface area (Å²) in [7, 11) is 0. The van der Waals surface area contributed by atoms with Crippen LogP contribution < -0.4 is 5.32 Å². The van der Waals surface area contributed by atoms with Gasteiger partial charge in [0.2, 0.25) is 5.91 Å². The maximum atomic E-state index is 11.3. The van der Waals surface area contributed by atoms with E-state index in [0.29, 0.717) is 4.85 Å². The SMILES string of the molecule is CCC(C)C(=O)Nc1ncn(O)n1. The van der Waals surface area contributed by atoms with Gasteiger partial charge < -0.3 is 5.21 Å². The molecule has 0 spiro atoms. The van der Waals surface area contributed by atoms with Gasteiger partial charge in [0.15, 0.2) is 6.33 Å². The van der Waals surface area contributed by atoms with Gasteiger partial charge in [0.05, 0.1) is 0 Å². The quantitative estimate of drug-likeness (QED) is 0.670. The molecule has 1 aromatic heterocycles. The molecule has 0 aromatic carbocycles. The molecule has 0 aliphatic heterocycles. The van der Waals surface area contributed by atoms with Crippen molar-refractivity contribution in [2.45, 2.75) is 20.3 Å². The fourth-order valence-corrected chi connectivity index (χ4v) is 0.731. The van der Waals surface area contributed by atoms with Crippen molar-refractivity contribution in [3.63, 3.8) is 0 Å². The molecule has 0 fully saturated rings. The van der Waals surface area contributed by atoms with Gasteiger partial charge in [-0.2, -0.15) is 4.98 Å². The number of carbonyl (C=O) groups excluding carboxylic acids is 1. The molecule has 1 unspecified atom stereocenters. The van der Waals surface area contributed by atoms with Crippen molar-refractivity contribution in [2.75, 3.05) is 5.32 Å². The largest absolute Gasteiger partial charge is 0.410 e. The Balaban J connectivity index is 2.54.